The minimum absolute atomic E-state index is 0.102. The number of phenolic OH excluding ortho intramolecular Hbond substituents is 2. The van der Waals surface area contributed by atoms with Crippen LogP contribution in [0.5, 0.6) is 23.0 Å². The van der Waals surface area contributed by atoms with Crippen molar-refractivity contribution in [2.75, 3.05) is 23.8 Å². The summed E-state index contributed by atoms with van der Waals surface area (Å²) in [4.78, 5) is 28.4. The van der Waals surface area contributed by atoms with Crippen molar-refractivity contribution < 1.29 is 29.3 Å². The predicted molar refractivity (Wildman–Crippen MR) is 234 cm³/mol. The van der Waals surface area contributed by atoms with E-state index < -0.39 is 11.8 Å². The Morgan fingerprint density at radius 3 is 1.36 bits per heavy atom. The molecule has 8 heteroatoms. The summed E-state index contributed by atoms with van der Waals surface area (Å²) < 4.78 is 12.4. The van der Waals surface area contributed by atoms with Gasteiger partial charge in [-0.05, 0) is 105 Å². The maximum Gasteiger partial charge on any atom is 0.259 e. The average Bonchev–Trinajstić information content (AvgIpc) is 3.17. The van der Waals surface area contributed by atoms with Gasteiger partial charge in [0.1, 0.15) is 36.2 Å². The Morgan fingerprint density at radius 1 is 0.569 bits per heavy atom. The Kier molecular flexibility index (Phi) is 10.8. The molecule has 8 nitrogen and oxygen atoms in total. The molecule has 6 aromatic rings. The van der Waals surface area contributed by atoms with Crippen LogP contribution in [0.3, 0.4) is 0 Å². The molecule has 0 atom stereocenters. The van der Waals surface area contributed by atoms with Crippen LogP contribution in [0, 0.1) is 0 Å². The first-order chi connectivity index (χ1) is 27.6. The number of hydrogen-bond acceptors (Lipinski definition) is 6. The fourth-order valence-electron chi connectivity index (χ4n) is 7.32. The molecule has 0 aromatic heterocycles. The van der Waals surface area contributed by atoms with Crippen LogP contribution in [0.25, 0.3) is 21.5 Å². The summed E-state index contributed by atoms with van der Waals surface area (Å²) in [6, 6.07) is 30.0. The van der Waals surface area contributed by atoms with Gasteiger partial charge in [0.15, 0.2) is 0 Å². The average molecular weight is 775 g/mol. The van der Waals surface area contributed by atoms with E-state index in [9.17, 15) is 19.8 Å². The fourth-order valence-corrected chi connectivity index (χ4v) is 7.32. The minimum Gasteiger partial charge on any atom is -0.507 e. The second kappa shape index (κ2) is 15.8. The maximum atomic E-state index is 14.2. The zero-order valence-corrected chi connectivity index (χ0v) is 34.0. The topological polar surface area (TPSA) is 117 Å². The number of carbonyl (C=O) groups excluding carboxylic acids is 2. The Bertz CT molecular complexity index is 2450. The van der Waals surface area contributed by atoms with Crippen molar-refractivity contribution in [3.63, 3.8) is 0 Å². The van der Waals surface area contributed by atoms with Crippen molar-refractivity contribution in [3.05, 3.63) is 155 Å². The van der Waals surface area contributed by atoms with Crippen LogP contribution >= 0.6 is 0 Å². The summed E-state index contributed by atoms with van der Waals surface area (Å²) in [6.07, 6.45) is 4.03. The second-order valence-electron chi connectivity index (χ2n) is 17.0. The van der Waals surface area contributed by atoms with Gasteiger partial charge in [0.05, 0.1) is 22.5 Å². The highest BCUT2D eigenvalue weighted by atomic mass is 16.5. The number of nitrogens with one attached hydrogen (secondary N) is 2. The van der Waals surface area contributed by atoms with Gasteiger partial charge in [-0.3, -0.25) is 9.59 Å². The summed E-state index contributed by atoms with van der Waals surface area (Å²) in [6.45, 7) is 17.3. The number of ether oxygens (including phenoxy) is 2. The molecule has 2 amide bonds. The number of hydrogen-bond donors (Lipinski definition) is 4. The molecule has 1 aliphatic rings. The van der Waals surface area contributed by atoms with Gasteiger partial charge in [0, 0.05) is 11.1 Å². The molecule has 58 heavy (non-hydrogen) atoms. The van der Waals surface area contributed by atoms with Crippen molar-refractivity contribution in [2.24, 2.45) is 0 Å². The lowest BCUT2D eigenvalue weighted by atomic mass is 9.86. The third kappa shape index (κ3) is 8.28. The van der Waals surface area contributed by atoms with Crippen molar-refractivity contribution in [1.29, 1.82) is 0 Å². The molecule has 0 saturated carbocycles. The van der Waals surface area contributed by atoms with E-state index >= 15 is 0 Å². The molecule has 0 spiro atoms. The highest BCUT2D eigenvalue weighted by Gasteiger charge is 2.25. The maximum absolute atomic E-state index is 14.2. The monoisotopic (exact) mass is 774 g/mol. The second-order valence-corrected chi connectivity index (χ2v) is 17.0. The first-order valence-corrected chi connectivity index (χ1v) is 19.5. The lowest BCUT2D eigenvalue weighted by molar-refractivity contribution is 0.101. The first-order valence-electron chi connectivity index (χ1n) is 19.5. The SMILES string of the molecule is C=C1Cc2c(O)c(cc3ccccc23)C(=O)Nc2cc(C(C)(C)C)ccc2OC/C=C\COc2ccc(C(C)(C)C)cc2NC(=O)c2cc3ccccc3c(c2O)C1. The van der Waals surface area contributed by atoms with Gasteiger partial charge in [-0.1, -0.05) is 114 Å². The molecule has 0 aliphatic carbocycles. The largest absolute Gasteiger partial charge is 0.507 e. The van der Waals surface area contributed by atoms with Crippen LogP contribution in [-0.2, 0) is 23.7 Å². The van der Waals surface area contributed by atoms with Gasteiger partial charge in [-0.2, -0.15) is 0 Å². The number of carbonyl (C=O) groups is 2. The molecule has 1 aliphatic heterocycles. The zero-order chi connectivity index (χ0) is 41.4. The molecule has 6 aromatic carbocycles. The lowest BCUT2D eigenvalue weighted by Crippen LogP contribution is -2.16. The number of aromatic hydroxyl groups is 2. The number of fused-ring (bicyclic) bond motifs is 10. The quantitative estimate of drug-likeness (QED) is 0.114. The molecule has 4 bridgehead atoms. The van der Waals surface area contributed by atoms with E-state index in [1.165, 1.54) is 0 Å². The number of allylic oxidation sites excluding steroid dienone is 1. The molecular formula is C50H50N2O6. The molecule has 0 radical (unpaired) electrons. The van der Waals surface area contributed by atoms with Gasteiger partial charge in [-0.15, -0.1) is 0 Å². The van der Waals surface area contributed by atoms with Crippen LogP contribution in [0.2, 0.25) is 0 Å². The van der Waals surface area contributed by atoms with E-state index in [-0.39, 0.29) is 59.5 Å². The van der Waals surface area contributed by atoms with Crippen LogP contribution < -0.4 is 20.1 Å². The first kappa shape index (κ1) is 39.7. The van der Waals surface area contributed by atoms with E-state index in [1.54, 1.807) is 12.1 Å². The van der Waals surface area contributed by atoms with Crippen LogP contribution in [0.15, 0.2) is 121 Å². The van der Waals surface area contributed by atoms with Crippen molar-refractivity contribution in [1.82, 2.24) is 0 Å². The molecular weight excluding hydrogens is 725 g/mol. The lowest BCUT2D eigenvalue weighted by Gasteiger charge is -2.22. The summed E-state index contributed by atoms with van der Waals surface area (Å²) in [5, 5.41) is 33.0. The molecule has 0 unspecified atom stereocenters. The van der Waals surface area contributed by atoms with Gasteiger partial charge in [0.25, 0.3) is 11.8 Å². The van der Waals surface area contributed by atoms with Gasteiger partial charge < -0.3 is 30.3 Å². The molecule has 0 fully saturated rings. The van der Waals surface area contributed by atoms with E-state index in [1.807, 2.05) is 97.1 Å². The number of phenols is 2. The number of anilines is 2. The van der Waals surface area contributed by atoms with Crippen molar-refractivity contribution >= 4 is 44.7 Å². The molecule has 7 rings (SSSR count). The Labute approximate surface area is 339 Å². The molecule has 1 heterocycles. The fraction of sp³-hybridized carbons (Fsp3) is 0.240. The summed E-state index contributed by atoms with van der Waals surface area (Å²) in [7, 11) is 0. The Balaban J connectivity index is 1.36. The highest BCUT2D eigenvalue weighted by molar-refractivity contribution is 6.11. The molecule has 4 N–H and O–H groups in total. The van der Waals surface area contributed by atoms with E-state index in [2.05, 4.69) is 58.8 Å². The van der Waals surface area contributed by atoms with Crippen LogP contribution in [-0.4, -0.2) is 35.2 Å². The Hall–Kier alpha value is -6.54. The summed E-state index contributed by atoms with van der Waals surface area (Å²) >= 11 is 0. The van der Waals surface area contributed by atoms with Crippen LogP contribution in [0.4, 0.5) is 11.4 Å². The predicted octanol–water partition coefficient (Wildman–Crippen LogP) is 11.2. The third-order valence-corrected chi connectivity index (χ3v) is 10.6. The molecule has 0 saturated heterocycles. The Morgan fingerprint density at radius 2 is 0.966 bits per heavy atom. The van der Waals surface area contributed by atoms with Gasteiger partial charge in [0.2, 0.25) is 0 Å². The third-order valence-electron chi connectivity index (χ3n) is 10.6. The summed E-state index contributed by atoms with van der Waals surface area (Å²) in [5.74, 6) is -0.383. The number of amides is 2. The van der Waals surface area contributed by atoms with Crippen molar-refractivity contribution in [3.8, 4) is 23.0 Å². The van der Waals surface area contributed by atoms with Crippen molar-refractivity contribution in [2.45, 2.75) is 65.2 Å². The standard InChI is InChI=1S/C50H50N2O6/c1-30-24-37-35-16-10-8-14-31(35)26-39(45(37)53)47(55)51-41-28-33(49(2,3)4)18-20-43(41)57-22-12-13-23-58-44-21-19-34(50(5,6)7)29-42(44)52-48(56)40-27-32-15-9-11-17-36(32)38(25-30)46(40)54/h8-21,26-29,53-54H,1,22-25H2,2-7H3,(H,51,55)(H,52,56)/b13-12-. The van der Waals surface area contributed by atoms with E-state index in [0.29, 0.717) is 39.6 Å². The van der Waals surface area contributed by atoms with Gasteiger partial charge in [-0.25, -0.2) is 0 Å². The van der Waals surface area contributed by atoms with E-state index in [4.69, 9.17) is 9.47 Å². The molecule has 296 valence electrons. The highest BCUT2D eigenvalue weighted by Crippen LogP contribution is 2.39. The van der Waals surface area contributed by atoms with E-state index in [0.717, 1.165) is 32.7 Å². The normalized spacial score (nSPS) is 15.0. The zero-order valence-electron chi connectivity index (χ0n) is 34.0. The number of benzene rings is 6. The number of rotatable bonds is 0. The smallest absolute Gasteiger partial charge is 0.259 e. The van der Waals surface area contributed by atoms with Crippen LogP contribution in [0.1, 0.15) is 84.5 Å². The van der Waals surface area contributed by atoms with Gasteiger partial charge >= 0.3 is 0 Å². The minimum atomic E-state index is -0.496. The summed E-state index contributed by atoms with van der Waals surface area (Å²) in [5.41, 5.74) is 4.44.